The predicted molar refractivity (Wildman–Crippen MR) is 125 cm³/mol. The molecule has 0 amide bonds. The molecule has 3 rings (SSSR count). The van der Waals surface area contributed by atoms with Crippen molar-refractivity contribution in [1.82, 2.24) is 9.97 Å². The number of carbonyl (C=O) groups is 1. The number of Topliss-reactive ketones (excluding diaryl/α,β-unsaturated/α-hetero) is 1. The average molecular weight is 443 g/mol. The molecule has 32 heavy (non-hydrogen) atoms. The first-order valence-corrected chi connectivity index (χ1v) is 11.0. The van der Waals surface area contributed by atoms with Crippen LogP contribution in [0.15, 0.2) is 36.5 Å². The Hall–Kier alpha value is -2.71. The third kappa shape index (κ3) is 6.40. The summed E-state index contributed by atoms with van der Waals surface area (Å²) in [5.41, 5.74) is 1.16. The summed E-state index contributed by atoms with van der Waals surface area (Å²) >= 11 is 0. The maximum atomic E-state index is 11.4. The number of nitrogens with zero attached hydrogens (tertiary/aromatic N) is 4. The Labute approximate surface area is 190 Å². The maximum absolute atomic E-state index is 11.4. The van der Waals surface area contributed by atoms with E-state index in [2.05, 4.69) is 28.9 Å². The summed E-state index contributed by atoms with van der Waals surface area (Å²) in [5.74, 6) is 2.79. The van der Waals surface area contributed by atoms with Crippen molar-refractivity contribution >= 4 is 17.5 Å². The number of ketones is 1. The molecule has 1 aliphatic rings. The molecule has 1 fully saturated rings. The molecular formula is C24H34N4O4. The number of aromatic nitrogens is 2. The lowest BCUT2D eigenvalue weighted by Crippen LogP contribution is -2.33. The molecule has 2 atom stereocenters. The van der Waals surface area contributed by atoms with Crippen LogP contribution in [-0.2, 0) is 14.3 Å². The first-order valence-electron chi connectivity index (χ1n) is 11.0. The van der Waals surface area contributed by atoms with E-state index in [1.165, 1.54) is 0 Å². The van der Waals surface area contributed by atoms with Gasteiger partial charge < -0.3 is 28.8 Å². The van der Waals surface area contributed by atoms with Crippen molar-refractivity contribution < 1.29 is 19.0 Å². The molecule has 0 spiro atoms. The number of benzene rings is 1. The third-order valence-electron chi connectivity index (χ3n) is 5.73. The monoisotopic (exact) mass is 442 g/mol. The van der Waals surface area contributed by atoms with Gasteiger partial charge in [0.15, 0.2) is 6.29 Å². The first kappa shape index (κ1) is 23.9. The van der Waals surface area contributed by atoms with Crippen LogP contribution < -0.4 is 14.5 Å². The second-order valence-corrected chi connectivity index (χ2v) is 8.35. The molecule has 0 aliphatic carbocycles. The largest absolute Gasteiger partial charge is 0.489 e. The van der Waals surface area contributed by atoms with Gasteiger partial charge in [-0.1, -0.05) is 19.1 Å². The van der Waals surface area contributed by atoms with E-state index in [9.17, 15) is 4.79 Å². The maximum Gasteiger partial charge on any atom is 0.227 e. The normalized spacial score (nSPS) is 16.9. The average Bonchev–Trinajstić information content (AvgIpc) is 3.26. The topological polar surface area (TPSA) is 77.0 Å². The SMILES string of the molecule is COC(CN(C)c1nccc(N2CC[C@@H](Oc3ccc([C@H](C)CC(C)=O)cc3)C2)n1)OC. The molecule has 1 aromatic heterocycles. The highest BCUT2D eigenvalue weighted by Gasteiger charge is 2.26. The first-order chi connectivity index (χ1) is 15.4. The van der Waals surface area contributed by atoms with Crippen molar-refractivity contribution in [2.24, 2.45) is 0 Å². The van der Waals surface area contributed by atoms with E-state index < -0.39 is 0 Å². The van der Waals surface area contributed by atoms with E-state index in [4.69, 9.17) is 19.2 Å². The van der Waals surface area contributed by atoms with Crippen molar-refractivity contribution in [2.45, 2.75) is 45.0 Å². The highest BCUT2D eigenvalue weighted by Crippen LogP contribution is 2.26. The molecule has 2 aromatic rings. The van der Waals surface area contributed by atoms with Gasteiger partial charge in [-0.05, 0) is 36.6 Å². The van der Waals surface area contributed by atoms with Crippen LogP contribution in [0.5, 0.6) is 5.75 Å². The lowest BCUT2D eigenvalue weighted by atomic mass is 9.96. The Morgan fingerprint density at radius 1 is 1.22 bits per heavy atom. The number of ether oxygens (including phenoxy) is 3. The quantitative estimate of drug-likeness (QED) is 0.491. The molecule has 8 nitrogen and oxygen atoms in total. The molecular weight excluding hydrogens is 408 g/mol. The molecule has 0 unspecified atom stereocenters. The summed E-state index contributed by atoms with van der Waals surface area (Å²) in [6.45, 7) is 5.88. The van der Waals surface area contributed by atoms with Crippen LogP contribution in [0.4, 0.5) is 11.8 Å². The number of likely N-dealkylation sites (N-methyl/N-ethyl adjacent to an activating group) is 1. The van der Waals surface area contributed by atoms with E-state index in [1.54, 1.807) is 27.3 Å². The number of hydrogen-bond acceptors (Lipinski definition) is 8. The summed E-state index contributed by atoms with van der Waals surface area (Å²) in [6, 6.07) is 10.0. The van der Waals surface area contributed by atoms with E-state index in [0.717, 1.165) is 36.6 Å². The number of carbonyl (C=O) groups excluding carboxylic acids is 1. The molecule has 8 heteroatoms. The van der Waals surface area contributed by atoms with Crippen LogP contribution in [-0.4, -0.2) is 69.0 Å². The minimum absolute atomic E-state index is 0.0954. The highest BCUT2D eigenvalue weighted by molar-refractivity contribution is 5.76. The fourth-order valence-corrected chi connectivity index (χ4v) is 3.90. The summed E-state index contributed by atoms with van der Waals surface area (Å²) < 4.78 is 16.7. The molecule has 1 saturated heterocycles. The van der Waals surface area contributed by atoms with Gasteiger partial charge in [-0.2, -0.15) is 4.98 Å². The number of anilines is 2. The predicted octanol–water partition coefficient (Wildman–Crippen LogP) is 3.27. The number of rotatable bonds is 11. The van der Waals surface area contributed by atoms with Crippen molar-refractivity contribution in [3.05, 3.63) is 42.1 Å². The second kappa shape index (κ2) is 11.2. The van der Waals surface area contributed by atoms with Gasteiger partial charge in [0, 0.05) is 46.9 Å². The fraction of sp³-hybridized carbons (Fsp3) is 0.542. The fourth-order valence-electron chi connectivity index (χ4n) is 3.90. The van der Waals surface area contributed by atoms with Gasteiger partial charge in [0.2, 0.25) is 5.95 Å². The third-order valence-corrected chi connectivity index (χ3v) is 5.73. The smallest absolute Gasteiger partial charge is 0.227 e. The van der Waals surface area contributed by atoms with Gasteiger partial charge in [0.1, 0.15) is 23.5 Å². The summed E-state index contributed by atoms with van der Waals surface area (Å²) in [7, 11) is 5.15. The van der Waals surface area contributed by atoms with Gasteiger partial charge in [-0.15, -0.1) is 0 Å². The van der Waals surface area contributed by atoms with Gasteiger partial charge in [0.05, 0.1) is 13.1 Å². The molecule has 0 bridgehead atoms. The minimum atomic E-state index is -0.339. The van der Waals surface area contributed by atoms with E-state index in [-0.39, 0.29) is 24.1 Å². The van der Waals surface area contributed by atoms with Crippen molar-refractivity contribution in [3.8, 4) is 5.75 Å². The molecule has 2 heterocycles. The Morgan fingerprint density at radius 3 is 2.59 bits per heavy atom. The Balaban J connectivity index is 1.57. The van der Waals surface area contributed by atoms with Gasteiger partial charge >= 0.3 is 0 Å². The molecule has 174 valence electrons. The van der Waals surface area contributed by atoms with Crippen molar-refractivity contribution in [1.29, 1.82) is 0 Å². The standard InChI is InChI=1S/C24H34N4O4/c1-17(14-18(2)29)19-6-8-20(9-7-19)32-21-11-13-28(15-21)22-10-12-25-24(26-22)27(3)16-23(30-4)31-5/h6-10,12,17,21,23H,11,13-16H2,1-5H3/t17-,21-/m1/s1. The van der Waals surface area contributed by atoms with Crippen LogP contribution in [0.3, 0.4) is 0 Å². The minimum Gasteiger partial charge on any atom is -0.489 e. The van der Waals surface area contributed by atoms with E-state index >= 15 is 0 Å². The number of hydrogen-bond donors (Lipinski definition) is 0. The van der Waals surface area contributed by atoms with E-state index in [0.29, 0.717) is 18.9 Å². The lowest BCUT2D eigenvalue weighted by Gasteiger charge is -2.24. The van der Waals surface area contributed by atoms with Gasteiger partial charge in [-0.3, -0.25) is 0 Å². The summed E-state index contributed by atoms with van der Waals surface area (Å²) in [6.07, 6.45) is 3.02. The molecule has 1 aliphatic heterocycles. The lowest BCUT2D eigenvalue weighted by molar-refractivity contribution is -0.117. The van der Waals surface area contributed by atoms with Crippen LogP contribution in [0.25, 0.3) is 0 Å². The molecule has 0 N–H and O–H groups in total. The van der Waals surface area contributed by atoms with Crippen LogP contribution in [0, 0.1) is 0 Å². The van der Waals surface area contributed by atoms with Gasteiger partial charge in [-0.25, -0.2) is 4.98 Å². The Morgan fingerprint density at radius 2 is 1.94 bits per heavy atom. The molecule has 1 aromatic carbocycles. The zero-order valence-corrected chi connectivity index (χ0v) is 19.7. The zero-order valence-electron chi connectivity index (χ0n) is 19.7. The van der Waals surface area contributed by atoms with Crippen LogP contribution >= 0.6 is 0 Å². The van der Waals surface area contributed by atoms with E-state index in [1.807, 2.05) is 30.1 Å². The van der Waals surface area contributed by atoms with Crippen LogP contribution in [0.2, 0.25) is 0 Å². The molecule has 0 radical (unpaired) electrons. The molecule has 0 saturated carbocycles. The zero-order chi connectivity index (χ0) is 23.1. The van der Waals surface area contributed by atoms with Crippen molar-refractivity contribution in [2.75, 3.05) is 50.7 Å². The second-order valence-electron chi connectivity index (χ2n) is 8.35. The van der Waals surface area contributed by atoms with Crippen LogP contribution in [0.1, 0.15) is 38.2 Å². The van der Waals surface area contributed by atoms with Gasteiger partial charge in [0.25, 0.3) is 0 Å². The Kier molecular flexibility index (Phi) is 8.41. The summed E-state index contributed by atoms with van der Waals surface area (Å²) in [5, 5.41) is 0. The summed E-state index contributed by atoms with van der Waals surface area (Å²) in [4.78, 5) is 24.6. The Bertz CT molecular complexity index is 873. The number of methoxy groups -OCH3 is 2. The van der Waals surface area contributed by atoms with Crippen molar-refractivity contribution in [3.63, 3.8) is 0 Å². The highest BCUT2D eigenvalue weighted by atomic mass is 16.7.